The smallest absolute Gasteiger partial charge is 0.365 e. The van der Waals surface area contributed by atoms with Crippen LogP contribution >= 0.6 is 0 Å². The molecule has 0 amide bonds. The number of para-hydroxylation sites is 2. The van der Waals surface area contributed by atoms with Crippen molar-refractivity contribution >= 4 is 11.4 Å². The SMILES string of the molecule is CN1c2ccccc2-c2[c-]c(ccc2)C2(c3ccccc3-c3ccccc32)N(C)c2ccccc2-c2[c-]c(ccc2)C12c1ccccc1-c1ccccc12.[Pt+4]. The van der Waals surface area contributed by atoms with Crippen LogP contribution in [-0.4, -0.2) is 14.1 Å². The minimum absolute atomic E-state index is 0. The predicted octanol–water partition coefficient (Wildman–Crippen LogP) is 11.7. The van der Waals surface area contributed by atoms with Gasteiger partial charge in [0.05, 0.1) is 11.1 Å². The second-order valence-corrected chi connectivity index (χ2v) is 14.7. The largest absolute Gasteiger partial charge is 4.00 e. The molecule has 0 N–H and O–H groups in total. The summed E-state index contributed by atoms with van der Waals surface area (Å²) in [5, 5.41) is 0. The molecule has 0 unspecified atom stereocenters. The molecule has 2 aliphatic carbocycles. The van der Waals surface area contributed by atoms with Crippen molar-refractivity contribution in [2.24, 2.45) is 0 Å². The van der Waals surface area contributed by atoms with Gasteiger partial charge in [-0.15, -0.1) is 59.7 Å². The van der Waals surface area contributed by atoms with Crippen molar-refractivity contribution in [2.75, 3.05) is 23.9 Å². The molecule has 55 heavy (non-hydrogen) atoms. The molecule has 0 fully saturated rings. The third-order valence-electron chi connectivity index (χ3n) is 12.3. The first-order chi connectivity index (χ1) is 26.6. The quantitative estimate of drug-likeness (QED) is 0.140. The van der Waals surface area contributed by atoms with E-state index in [0.717, 1.165) is 44.8 Å². The number of rotatable bonds is 0. The molecule has 262 valence electrons. The zero-order valence-corrected chi connectivity index (χ0v) is 32.8. The summed E-state index contributed by atoms with van der Waals surface area (Å²) in [4.78, 5) is 5.01. The Morgan fingerprint density at radius 1 is 0.327 bits per heavy atom. The number of anilines is 2. The van der Waals surface area contributed by atoms with Crippen LogP contribution in [0.15, 0.2) is 182 Å². The van der Waals surface area contributed by atoms with E-state index in [1.807, 2.05) is 0 Å². The average molecular weight is 884 g/mol. The van der Waals surface area contributed by atoms with Crippen molar-refractivity contribution in [1.29, 1.82) is 0 Å². The van der Waals surface area contributed by atoms with E-state index in [0.29, 0.717) is 0 Å². The summed E-state index contributed by atoms with van der Waals surface area (Å²) in [6, 6.07) is 75.1. The van der Waals surface area contributed by atoms with Crippen molar-refractivity contribution in [3.63, 3.8) is 0 Å². The van der Waals surface area contributed by atoms with Crippen LogP contribution < -0.4 is 9.80 Å². The van der Waals surface area contributed by atoms with E-state index < -0.39 is 11.1 Å². The Balaban J connectivity index is 0.00000372. The molecule has 0 radical (unpaired) electrons. The number of hydrogen-bond donors (Lipinski definition) is 0. The van der Waals surface area contributed by atoms with Gasteiger partial charge in [-0.2, -0.15) is 0 Å². The Labute approximate surface area is 337 Å². The van der Waals surface area contributed by atoms with Gasteiger partial charge in [0.2, 0.25) is 0 Å². The first-order valence-corrected chi connectivity index (χ1v) is 18.7. The van der Waals surface area contributed by atoms with Crippen molar-refractivity contribution in [1.82, 2.24) is 0 Å². The summed E-state index contributed by atoms with van der Waals surface area (Å²) in [5.74, 6) is 0. The minimum atomic E-state index is -0.660. The fourth-order valence-corrected chi connectivity index (χ4v) is 10.1. The van der Waals surface area contributed by atoms with Crippen LogP contribution in [0.4, 0.5) is 11.4 Å². The zero-order chi connectivity index (χ0) is 36.0. The predicted molar refractivity (Wildman–Crippen MR) is 222 cm³/mol. The maximum Gasteiger partial charge on any atom is 4.00 e. The number of nitrogens with zero attached hydrogens (tertiary/aromatic N) is 2. The summed E-state index contributed by atoms with van der Waals surface area (Å²) in [6.45, 7) is 0. The molecule has 0 aromatic heterocycles. The normalized spacial score (nSPS) is 14.8. The van der Waals surface area contributed by atoms with E-state index in [9.17, 15) is 0 Å². The monoisotopic (exact) mass is 883 g/mol. The third-order valence-corrected chi connectivity index (χ3v) is 12.3. The molecule has 1 aliphatic heterocycles. The standard InChI is InChI=1S/C52H36N2.Pt/c1-53-49-31-13-7-21-39(49)35-17-16-20-38(34-35)52(47-29-11-5-25-43(47)44-26-6-12-30-48(44)52)54(2)50-32-14-8-22-40(50)36-18-15-19-37(33-36)51(53)45-27-9-3-23-41(45)42-24-4-10-28-46(42)51;/h3-32H,1-2H3;/q-2;+4. The van der Waals surface area contributed by atoms with Crippen LogP contribution in [0.25, 0.3) is 44.5 Å². The second-order valence-electron chi connectivity index (χ2n) is 14.7. The van der Waals surface area contributed by atoms with E-state index in [1.165, 1.54) is 44.5 Å². The fourth-order valence-electron chi connectivity index (χ4n) is 10.1. The Kier molecular flexibility index (Phi) is 7.67. The fraction of sp³-hybridized carbons (Fsp3) is 0.0769. The Hall–Kier alpha value is -5.95. The van der Waals surface area contributed by atoms with Crippen LogP contribution in [0, 0.1) is 12.1 Å². The molecule has 11 rings (SSSR count). The molecule has 2 spiro atoms. The van der Waals surface area contributed by atoms with Crippen molar-refractivity contribution < 1.29 is 21.1 Å². The van der Waals surface area contributed by atoms with Crippen LogP contribution in [0.3, 0.4) is 0 Å². The van der Waals surface area contributed by atoms with E-state index in [1.54, 1.807) is 0 Å². The van der Waals surface area contributed by atoms with Crippen LogP contribution in [0.2, 0.25) is 0 Å². The summed E-state index contributed by atoms with van der Waals surface area (Å²) >= 11 is 0. The number of fused-ring (bicyclic) bond motifs is 20. The van der Waals surface area contributed by atoms with Gasteiger partial charge >= 0.3 is 21.1 Å². The molecular weight excluding hydrogens is 848 g/mol. The summed E-state index contributed by atoms with van der Waals surface area (Å²) in [5.41, 5.74) is 17.6. The average Bonchev–Trinajstić information content (AvgIpc) is 3.72. The number of hydrogen-bond acceptors (Lipinski definition) is 2. The molecular formula is C52H36N2Pt+2. The first kappa shape index (κ1) is 33.6. The molecule has 0 saturated carbocycles. The van der Waals surface area contributed by atoms with E-state index in [-0.39, 0.29) is 21.1 Å². The molecule has 0 atom stereocenters. The molecule has 4 bridgehead atoms. The van der Waals surface area contributed by atoms with Gasteiger partial charge in [0.1, 0.15) is 0 Å². The van der Waals surface area contributed by atoms with E-state index >= 15 is 0 Å². The summed E-state index contributed by atoms with van der Waals surface area (Å²) < 4.78 is 0. The maximum atomic E-state index is 4.10. The van der Waals surface area contributed by atoms with Crippen LogP contribution in [0.5, 0.6) is 0 Å². The molecule has 0 saturated heterocycles. The summed E-state index contributed by atoms with van der Waals surface area (Å²) in [6.07, 6.45) is 0. The van der Waals surface area contributed by atoms with Crippen LogP contribution in [0.1, 0.15) is 33.4 Å². The third kappa shape index (κ3) is 4.41. The Morgan fingerprint density at radius 3 is 0.964 bits per heavy atom. The molecule has 8 aromatic rings. The van der Waals surface area contributed by atoms with E-state index in [4.69, 9.17) is 0 Å². The topological polar surface area (TPSA) is 6.48 Å². The number of benzene rings is 8. The molecule has 8 aromatic carbocycles. The Morgan fingerprint density at radius 2 is 0.618 bits per heavy atom. The van der Waals surface area contributed by atoms with E-state index in [2.05, 4.69) is 218 Å². The van der Waals surface area contributed by atoms with Crippen molar-refractivity contribution in [3.05, 3.63) is 228 Å². The first-order valence-electron chi connectivity index (χ1n) is 18.7. The minimum Gasteiger partial charge on any atom is -0.365 e. The maximum absolute atomic E-state index is 4.10. The molecule has 3 heteroatoms. The second kappa shape index (κ2) is 12.6. The molecule has 2 nitrogen and oxygen atoms in total. The van der Waals surface area contributed by atoms with Gasteiger partial charge < -0.3 is 9.80 Å². The Bertz CT molecular complexity index is 2520. The van der Waals surface area contributed by atoms with Gasteiger partial charge in [-0.3, -0.25) is 0 Å². The molecule has 3 aliphatic rings. The summed E-state index contributed by atoms with van der Waals surface area (Å²) in [7, 11) is 4.53. The zero-order valence-electron chi connectivity index (χ0n) is 30.5. The van der Waals surface area contributed by atoms with Gasteiger partial charge in [-0.1, -0.05) is 156 Å². The van der Waals surface area contributed by atoms with Gasteiger partial charge in [0, 0.05) is 25.5 Å². The van der Waals surface area contributed by atoms with Gasteiger partial charge in [0.25, 0.3) is 0 Å². The van der Waals surface area contributed by atoms with Gasteiger partial charge in [-0.25, -0.2) is 0 Å². The van der Waals surface area contributed by atoms with Gasteiger partial charge in [0.15, 0.2) is 0 Å². The van der Waals surface area contributed by atoms with Gasteiger partial charge in [-0.05, 0) is 56.6 Å². The van der Waals surface area contributed by atoms with Crippen molar-refractivity contribution in [3.8, 4) is 44.5 Å². The van der Waals surface area contributed by atoms with Crippen LogP contribution in [-0.2, 0) is 32.1 Å². The molecule has 1 heterocycles. The van der Waals surface area contributed by atoms with Crippen molar-refractivity contribution in [2.45, 2.75) is 11.1 Å².